The Kier molecular flexibility index (Phi) is 13.8. The smallest absolute Gasteiger partial charge is 0.225 e. The number of benzene rings is 3. The standard InChI is InChI=1S/C11H5ClF4N2O.C11H6ClF3N2O.C11H7ClF2N2O/c1-4-6(13)8(15)9(16)10(7(4)14)19-5-2-3-17-11(12)18-5;1-5-4-6(13)9(15)10(8(5)14)18-7-2-3-16-11(12)17-7;1-6-4-7(13)10(8(14)5-6)17-9-2-3-15-11(12)16-9/h2-3H,1H3;2-4H,1H3;2-5H,1H3. The second kappa shape index (κ2) is 18.0. The van der Waals surface area contributed by atoms with E-state index in [1.807, 2.05) is 0 Å². The van der Waals surface area contributed by atoms with Crippen LogP contribution in [0.4, 0.5) is 39.5 Å². The van der Waals surface area contributed by atoms with E-state index in [0.717, 1.165) is 19.1 Å². The number of ether oxygens (including phenoxy) is 3. The molecule has 3 heterocycles. The van der Waals surface area contributed by atoms with Gasteiger partial charge in [0.15, 0.2) is 40.7 Å². The van der Waals surface area contributed by atoms with Gasteiger partial charge in [0.25, 0.3) is 0 Å². The molecule has 0 saturated carbocycles. The van der Waals surface area contributed by atoms with Crippen molar-refractivity contribution in [2.75, 3.05) is 0 Å². The molecule has 6 aromatic rings. The molecular weight excluding hydrogens is 806 g/mol. The molecule has 0 saturated heterocycles. The van der Waals surface area contributed by atoms with E-state index in [0.29, 0.717) is 5.56 Å². The van der Waals surface area contributed by atoms with Gasteiger partial charge in [-0.3, -0.25) is 0 Å². The highest BCUT2D eigenvalue weighted by molar-refractivity contribution is 6.28. The summed E-state index contributed by atoms with van der Waals surface area (Å²) >= 11 is 16.5. The van der Waals surface area contributed by atoms with Crippen LogP contribution in [0.25, 0.3) is 0 Å². The number of aryl methyl sites for hydroxylation is 2. The fourth-order valence-electron chi connectivity index (χ4n) is 3.83. The monoisotopic (exact) mass is 822 g/mol. The van der Waals surface area contributed by atoms with Gasteiger partial charge in [0.2, 0.25) is 62.4 Å². The normalized spacial score (nSPS) is 10.5. The molecule has 0 aliphatic heterocycles. The second-order valence-electron chi connectivity index (χ2n) is 10.2. The van der Waals surface area contributed by atoms with Gasteiger partial charge in [-0.15, -0.1) is 0 Å². The molecule has 0 N–H and O–H groups in total. The SMILES string of the molecule is Cc1c(F)c(F)c(F)c(Oc2ccnc(Cl)n2)c1F.Cc1cc(F)c(F)c(Oc2ccnc(Cl)n2)c1F.Cc1cc(F)c(Oc2ccnc(Cl)n2)c(F)c1. The van der Waals surface area contributed by atoms with Crippen molar-refractivity contribution >= 4 is 34.8 Å². The maximum atomic E-state index is 13.6. The summed E-state index contributed by atoms with van der Waals surface area (Å²) in [6.07, 6.45) is 3.74. The molecule has 3 aromatic heterocycles. The Bertz CT molecular complexity index is 2250. The predicted molar refractivity (Wildman–Crippen MR) is 175 cm³/mol. The number of aromatic nitrogens is 6. The van der Waals surface area contributed by atoms with Crippen molar-refractivity contribution in [3.63, 3.8) is 0 Å². The highest BCUT2D eigenvalue weighted by atomic mass is 35.5. The van der Waals surface area contributed by atoms with Crippen LogP contribution in [0.15, 0.2) is 55.0 Å². The number of nitrogens with zero attached hydrogens (tertiary/aromatic N) is 6. The molecule has 6 rings (SSSR count). The Morgan fingerprint density at radius 1 is 0.444 bits per heavy atom. The van der Waals surface area contributed by atoms with Gasteiger partial charge in [-0.1, -0.05) is 0 Å². The van der Waals surface area contributed by atoms with Crippen LogP contribution in [0, 0.1) is 73.1 Å². The Balaban J connectivity index is 0.000000181. The van der Waals surface area contributed by atoms with Gasteiger partial charge in [-0.05, 0) is 84.9 Å². The molecule has 0 spiro atoms. The highest BCUT2D eigenvalue weighted by Gasteiger charge is 2.25. The zero-order chi connectivity index (χ0) is 39.9. The minimum absolute atomic E-state index is 0.0216. The third-order valence-electron chi connectivity index (χ3n) is 6.30. The summed E-state index contributed by atoms with van der Waals surface area (Å²) in [5, 5.41) is -0.436. The molecule has 0 radical (unpaired) electrons. The number of hydrogen-bond donors (Lipinski definition) is 0. The molecule has 282 valence electrons. The Morgan fingerprint density at radius 3 is 1.28 bits per heavy atom. The molecule has 3 aromatic carbocycles. The topological polar surface area (TPSA) is 105 Å². The van der Waals surface area contributed by atoms with Crippen LogP contribution in [0.5, 0.6) is 34.9 Å². The molecule has 21 heteroatoms. The summed E-state index contributed by atoms with van der Waals surface area (Å²) in [7, 11) is 0. The lowest BCUT2D eigenvalue weighted by Gasteiger charge is -2.10. The van der Waals surface area contributed by atoms with E-state index >= 15 is 0 Å². The van der Waals surface area contributed by atoms with E-state index in [1.54, 1.807) is 6.92 Å². The van der Waals surface area contributed by atoms with Crippen LogP contribution < -0.4 is 14.2 Å². The van der Waals surface area contributed by atoms with Crippen molar-refractivity contribution in [3.8, 4) is 34.9 Å². The molecule has 0 aliphatic carbocycles. The molecule has 0 unspecified atom stereocenters. The first-order valence-electron chi connectivity index (χ1n) is 14.4. The third kappa shape index (κ3) is 10.4. The molecule has 0 amide bonds. The lowest BCUT2D eigenvalue weighted by atomic mass is 10.2. The van der Waals surface area contributed by atoms with Gasteiger partial charge in [-0.2, -0.15) is 23.7 Å². The second-order valence-corrected chi connectivity index (χ2v) is 11.2. The van der Waals surface area contributed by atoms with E-state index in [4.69, 9.17) is 49.0 Å². The van der Waals surface area contributed by atoms with Crippen molar-refractivity contribution in [3.05, 3.63) is 140 Å². The number of rotatable bonds is 6. The van der Waals surface area contributed by atoms with Gasteiger partial charge in [0.1, 0.15) is 0 Å². The van der Waals surface area contributed by atoms with E-state index in [9.17, 15) is 39.5 Å². The van der Waals surface area contributed by atoms with Gasteiger partial charge < -0.3 is 14.2 Å². The van der Waals surface area contributed by atoms with Crippen LogP contribution in [0.3, 0.4) is 0 Å². The fraction of sp³-hybridized carbons (Fsp3) is 0.0909. The van der Waals surface area contributed by atoms with Crippen molar-refractivity contribution in [2.24, 2.45) is 0 Å². The highest BCUT2D eigenvalue weighted by Crippen LogP contribution is 2.33. The van der Waals surface area contributed by atoms with Crippen molar-refractivity contribution in [2.45, 2.75) is 20.8 Å². The largest absolute Gasteiger partial charge is 0.433 e. The Morgan fingerprint density at radius 2 is 0.852 bits per heavy atom. The van der Waals surface area contributed by atoms with Crippen molar-refractivity contribution in [1.82, 2.24) is 29.9 Å². The average molecular weight is 824 g/mol. The van der Waals surface area contributed by atoms with Crippen LogP contribution in [0.2, 0.25) is 15.9 Å². The van der Waals surface area contributed by atoms with E-state index in [1.165, 1.54) is 49.8 Å². The minimum atomic E-state index is -1.82. The molecule has 9 nitrogen and oxygen atoms in total. The average Bonchev–Trinajstić information content (AvgIpc) is 3.11. The third-order valence-corrected chi connectivity index (χ3v) is 6.85. The predicted octanol–water partition coefficient (Wildman–Crippen LogP) is 10.9. The summed E-state index contributed by atoms with van der Waals surface area (Å²) in [5.74, 6) is -14.7. The number of hydrogen-bond acceptors (Lipinski definition) is 9. The molecule has 0 fully saturated rings. The van der Waals surface area contributed by atoms with Gasteiger partial charge in [0.05, 0.1) is 0 Å². The van der Waals surface area contributed by atoms with E-state index in [-0.39, 0.29) is 39.1 Å². The maximum absolute atomic E-state index is 13.6. The minimum Gasteiger partial charge on any atom is -0.433 e. The maximum Gasteiger partial charge on any atom is 0.225 e. The van der Waals surface area contributed by atoms with Crippen molar-refractivity contribution < 1.29 is 53.7 Å². The molecule has 0 atom stereocenters. The van der Waals surface area contributed by atoms with Gasteiger partial charge in [0, 0.05) is 42.4 Å². The first-order chi connectivity index (χ1) is 25.5. The van der Waals surface area contributed by atoms with E-state index < -0.39 is 75.2 Å². The first-order valence-corrected chi connectivity index (χ1v) is 15.5. The van der Waals surface area contributed by atoms with Crippen molar-refractivity contribution in [1.29, 1.82) is 0 Å². The molecular formula is C33H18Cl3F9N6O3. The van der Waals surface area contributed by atoms with Crippen LogP contribution in [-0.4, -0.2) is 29.9 Å². The zero-order valence-electron chi connectivity index (χ0n) is 27.1. The van der Waals surface area contributed by atoms with E-state index in [2.05, 4.69) is 29.9 Å². The number of halogens is 12. The van der Waals surface area contributed by atoms with Gasteiger partial charge >= 0.3 is 0 Å². The summed E-state index contributed by atoms with van der Waals surface area (Å²) in [4.78, 5) is 21.5. The molecule has 0 aliphatic rings. The lowest BCUT2D eigenvalue weighted by Crippen LogP contribution is -2.04. The van der Waals surface area contributed by atoms with Crippen LogP contribution >= 0.6 is 34.8 Å². The molecule has 54 heavy (non-hydrogen) atoms. The Labute approximate surface area is 313 Å². The summed E-state index contributed by atoms with van der Waals surface area (Å²) in [6.45, 7) is 3.82. The summed E-state index contributed by atoms with van der Waals surface area (Å²) in [5.41, 5.74) is -0.314. The lowest BCUT2D eigenvalue weighted by molar-refractivity contribution is 0.356. The quantitative estimate of drug-likeness (QED) is 0.0702. The van der Waals surface area contributed by atoms with Crippen LogP contribution in [-0.2, 0) is 0 Å². The summed E-state index contributed by atoms with van der Waals surface area (Å²) in [6, 6.07) is 6.82. The Hall–Kier alpha value is -5.46. The molecule has 0 bridgehead atoms. The zero-order valence-corrected chi connectivity index (χ0v) is 29.4. The fourth-order valence-corrected chi connectivity index (χ4v) is 4.25. The van der Waals surface area contributed by atoms with Crippen LogP contribution in [0.1, 0.15) is 16.7 Å². The first kappa shape index (κ1) is 41.3. The van der Waals surface area contributed by atoms with Gasteiger partial charge in [-0.25, -0.2) is 45.7 Å². The summed E-state index contributed by atoms with van der Waals surface area (Å²) < 4.78 is 135.